The average molecular weight is 286 g/mol. The van der Waals surface area contributed by atoms with E-state index in [9.17, 15) is 9.00 Å². The van der Waals surface area contributed by atoms with E-state index in [0.717, 1.165) is 0 Å². The molecular formula is C16H14O3S. The van der Waals surface area contributed by atoms with Gasteiger partial charge in [0.05, 0.1) is 5.75 Å². The number of benzene rings is 2. The van der Waals surface area contributed by atoms with E-state index < -0.39 is 11.1 Å². The molecule has 2 rings (SSSR count). The molecule has 2 aromatic rings. The van der Waals surface area contributed by atoms with Gasteiger partial charge in [0, 0.05) is 11.1 Å². The second-order valence-electron chi connectivity index (χ2n) is 4.14. The molecule has 0 spiro atoms. The van der Waals surface area contributed by atoms with Crippen LogP contribution in [-0.2, 0) is 11.1 Å². The van der Waals surface area contributed by atoms with Crippen molar-refractivity contribution in [2.75, 3.05) is 5.75 Å². The third-order valence-corrected chi connectivity index (χ3v) is 3.54. The molecule has 2 aromatic carbocycles. The molecule has 1 atom stereocenters. The molecule has 0 N–H and O–H groups in total. The summed E-state index contributed by atoms with van der Waals surface area (Å²) in [6.45, 7) is 3.69. The lowest BCUT2D eigenvalue weighted by molar-refractivity contribution is 0.103. The van der Waals surface area contributed by atoms with Crippen LogP contribution in [0.4, 0.5) is 0 Å². The highest BCUT2D eigenvalue weighted by molar-refractivity contribution is 7.80. The van der Waals surface area contributed by atoms with Crippen LogP contribution < -0.4 is 4.18 Å². The van der Waals surface area contributed by atoms with Crippen molar-refractivity contribution in [3.8, 4) is 5.75 Å². The molecule has 0 aliphatic carbocycles. The Bertz CT molecular complexity index is 621. The lowest BCUT2D eigenvalue weighted by Crippen LogP contribution is -2.13. The highest BCUT2D eigenvalue weighted by Gasteiger charge is 2.14. The Labute approximate surface area is 120 Å². The Hall–Kier alpha value is -2.20. The van der Waals surface area contributed by atoms with Crippen LogP contribution in [-0.4, -0.2) is 15.7 Å². The van der Waals surface area contributed by atoms with E-state index in [0.29, 0.717) is 11.3 Å². The summed E-state index contributed by atoms with van der Waals surface area (Å²) >= 11 is -1.62. The van der Waals surface area contributed by atoms with Crippen LogP contribution in [0.3, 0.4) is 0 Å². The predicted molar refractivity (Wildman–Crippen MR) is 80.0 cm³/mol. The molecule has 0 saturated heterocycles. The molecule has 0 bridgehead atoms. The fourth-order valence-electron chi connectivity index (χ4n) is 1.61. The number of carbonyl (C=O) groups is 1. The van der Waals surface area contributed by atoms with Crippen molar-refractivity contribution in [1.82, 2.24) is 0 Å². The Morgan fingerprint density at radius 1 is 1.00 bits per heavy atom. The van der Waals surface area contributed by atoms with Gasteiger partial charge in [-0.25, -0.2) is 4.21 Å². The second-order valence-corrected chi connectivity index (χ2v) is 5.21. The third-order valence-electron chi connectivity index (χ3n) is 2.58. The summed E-state index contributed by atoms with van der Waals surface area (Å²) in [6.07, 6.45) is 0. The van der Waals surface area contributed by atoms with Crippen molar-refractivity contribution >= 4 is 16.9 Å². The van der Waals surface area contributed by atoms with E-state index in [-0.39, 0.29) is 17.1 Å². The summed E-state index contributed by atoms with van der Waals surface area (Å²) < 4.78 is 17.1. The Kier molecular flexibility index (Phi) is 4.85. The van der Waals surface area contributed by atoms with E-state index in [1.165, 1.54) is 0 Å². The van der Waals surface area contributed by atoms with Gasteiger partial charge in [-0.05, 0) is 12.1 Å². The van der Waals surface area contributed by atoms with Crippen molar-refractivity contribution < 1.29 is 13.2 Å². The quantitative estimate of drug-likeness (QED) is 0.605. The first-order valence-electron chi connectivity index (χ1n) is 6.06. The standard InChI is InChI=1S/C16H14O3S/c1-13(16(17)14-8-4-2-5-9-14)12-20(18)19-15-10-6-3-7-11-15/h2-11H,1,12H2. The largest absolute Gasteiger partial charge is 0.400 e. The number of ketones is 1. The van der Waals surface area contributed by atoms with E-state index in [4.69, 9.17) is 4.18 Å². The normalized spacial score (nSPS) is 11.6. The van der Waals surface area contributed by atoms with Gasteiger partial charge < -0.3 is 4.18 Å². The van der Waals surface area contributed by atoms with Gasteiger partial charge in [-0.15, -0.1) is 0 Å². The molecule has 0 aromatic heterocycles. The van der Waals surface area contributed by atoms with Gasteiger partial charge in [-0.1, -0.05) is 55.1 Å². The smallest absolute Gasteiger partial charge is 0.211 e. The second kappa shape index (κ2) is 6.82. The van der Waals surface area contributed by atoms with Crippen molar-refractivity contribution in [2.45, 2.75) is 0 Å². The molecule has 0 radical (unpaired) electrons. The van der Waals surface area contributed by atoms with Gasteiger partial charge in [0.15, 0.2) is 5.78 Å². The first-order chi connectivity index (χ1) is 9.66. The molecule has 3 nitrogen and oxygen atoms in total. The van der Waals surface area contributed by atoms with Crippen LogP contribution in [0.1, 0.15) is 10.4 Å². The SMILES string of the molecule is C=C(CS(=O)Oc1ccccc1)C(=O)c1ccccc1. The minimum Gasteiger partial charge on any atom is -0.400 e. The summed E-state index contributed by atoms with van der Waals surface area (Å²) in [5.74, 6) is 0.282. The van der Waals surface area contributed by atoms with Crippen LogP contribution in [0.5, 0.6) is 5.75 Å². The number of rotatable bonds is 6. The number of carbonyl (C=O) groups excluding carboxylic acids is 1. The fourth-order valence-corrected chi connectivity index (χ4v) is 2.41. The zero-order valence-corrected chi connectivity index (χ0v) is 11.6. The first kappa shape index (κ1) is 14.2. The minimum atomic E-state index is -1.62. The number of hydrogen-bond acceptors (Lipinski definition) is 3. The van der Waals surface area contributed by atoms with Gasteiger partial charge in [0.2, 0.25) is 11.1 Å². The maximum absolute atomic E-state index is 12.0. The molecule has 0 fully saturated rings. The van der Waals surface area contributed by atoms with E-state index in [2.05, 4.69) is 6.58 Å². The molecule has 4 heteroatoms. The van der Waals surface area contributed by atoms with Crippen molar-refractivity contribution in [3.63, 3.8) is 0 Å². The highest BCUT2D eigenvalue weighted by atomic mass is 32.2. The summed E-state index contributed by atoms with van der Waals surface area (Å²) in [5, 5.41) is 0. The highest BCUT2D eigenvalue weighted by Crippen LogP contribution is 2.13. The van der Waals surface area contributed by atoms with Gasteiger partial charge >= 0.3 is 0 Å². The van der Waals surface area contributed by atoms with Gasteiger partial charge in [0.25, 0.3) is 0 Å². The number of para-hydroxylation sites is 1. The van der Waals surface area contributed by atoms with E-state index in [1.807, 2.05) is 12.1 Å². The lowest BCUT2D eigenvalue weighted by Gasteiger charge is -2.06. The summed E-state index contributed by atoms with van der Waals surface area (Å²) in [7, 11) is 0. The zero-order chi connectivity index (χ0) is 14.4. The van der Waals surface area contributed by atoms with E-state index in [1.54, 1.807) is 48.5 Å². The van der Waals surface area contributed by atoms with E-state index >= 15 is 0 Å². The monoisotopic (exact) mass is 286 g/mol. The molecular weight excluding hydrogens is 272 g/mol. The molecule has 20 heavy (non-hydrogen) atoms. The molecule has 0 heterocycles. The van der Waals surface area contributed by atoms with Crippen LogP contribution in [0, 0.1) is 0 Å². The third kappa shape index (κ3) is 3.90. The molecule has 0 amide bonds. The lowest BCUT2D eigenvalue weighted by atomic mass is 10.1. The fraction of sp³-hybridized carbons (Fsp3) is 0.0625. The van der Waals surface area contributed by atoms with Crippen LogP contribution >= 0.6 is 0 Å². The number of Topliss-reactive ketones (excluding diaryl/α,β-unsaturated/α-hetero) is 1. The van der Waals surface area contributed by atoms with Crippen LogP contribution in [0.2, 0.25) is 0 Å². The first-order valence-corrected chi connectivity index (χ1v) is 7.30. The van der Waals surface area contributed by atoms with Crippen molar-refractivity contribution in [1.29, 1.82) is 0 Å². The maximum atomic E-state index is 12.0. The summed E-state index contributed by atoms with van der Waals surface area (Å²) in [4.78, 5) is 12.0. The summed E-state index contributed by atoms with van der Waals surface area (Å²) in [6, 6.07) is 17.6. The molecule has 1 unspecified atom stereocenters. The topological polar surface area (TPSA) is 43.4 Å². The average Bonchev–Trinajstić information content (AvgIpc) is 2.48. The van der Waals surface area contributed by atoms with Crippen molar-refractivity contribution in [3.05, 3.63) is 78.4 Å². The van der Waals surface area contributed by atoms with Gasteiger partial charge in [-0.3, -0.25) is 4.79 Å². The molecule has 0 aliphatic heterocycles. The Balaban J connectivity index is 1.95. The minimum absolute atomic E-state index is 0.0113. The number of hydrogen-bond donors (Lipinski definition) is 0. The van der Waals surface area contributed by atoms with Crippen LogP contribution in [0.25, 0.3) is 0 Å². The van der Waals surface area contributed by atoms with Gasteiger partial charge in [-0.2, -0.15) is 0 Å². The maximum Gasteiger partial charge on any atom is 0.211 e. The molecule has 0 saturated carbocycles. The van der Waals surface area contributed by atoms with Crippen LogP contribution in [0.15, 0.2) is 72.8 Å². The predicted octanol–water partition coefficient (Wildman–Crippen LogP) is 3.17. The Morgan fingerprint density at radius 3 is 2.15 bits per heavy atom. The summed E-state index contributed by atoms with van der Waals surface area (Å²) in [5.41, 5.74) is 0.805. The molecule has 102 valence electrons. The van der Waals surface area contributed by atoms with Gasteiger partial charge in [0.1, 0.15) is 5.75 Å². The molecule has 0 aliphatic rings. The zero-order valence-electron chi connectivity index (χ0n) is 10.8. The van der Waals surface area contributed by atoms with Crippen molar-refractivity contribution in [2.24, 2.45) is 0 Å². The Morgan fingerprint density at radius 2 is 1.55 bits per heavy atom.